The Balaban J connectivity index is 0.00000119. The first-order valence-corrected chi connectivity index (χ1v) is 10.2. The van der Waals surface area contributed by atoms with Gasteiger partial charge in [-0.3, -0.25) is 10.1 Å². The zero-order valence-corrected chi connectivity index (χ0v) is 22.8. The number of anilines is 1. The van der Waals surface area contributed by atoms with Crippen LogP contribution in [0.1, 0.15) is 61.0 Å². The molecule has 3 rings (SSSR count). The second-order valence-electron chi connectivity index (χ2n) is 7.21. The van der Waals surface area contributed by atoms with Gasteiger partial charge >= 0.3 is 25.5 Å². The van der Waals surface area contributed by atoms with Crippen LogP contribution in [0.4, 0.5) is 15.0 Å². The smallest absolute Gasteiger partial charge is 0.550 e. The van der Waals surface area contributed by atoms with Crippen LogP contribution in [0.15, 0.2) is 30.5 Å². The van der Waals surface area contributed by atoms with Crippen LogP contribution in [-0.4, -0.2) is 39.9 Å². The van der Waals surface area contributed by atoms with Crippen molar-refractivity contribution in [3.8, 4) is 11.8 Å². The molecule has 1 aromatic heterocycles. The number of phenolic OH excluding ortho intramolecular Hbond substituents is 1. The van der Waals surface area contributed by atoms with E-state index < -0.39 is 29.7 Å². The number of aromatic hydroxyl groups is 1. The predicted octanol–water partition coefficient (Wildman–Crippen LogP) is 0.578. The Morgan fingerprint density at radius 1 is 1.17 bits per heavy atom. The number of aliphatic carboxylic acids is 2. The zero-order valence-electron chi connectivity index (χ0n) is 19.8. The van der Waals surface area contributed by atoms with Crippen LogP contribution >= 0.6 is 0 Å². The molecule has 186 valence electrons. The monoisotopic (exact) mass is 550 g/mol. The molecular formula is C23H23FN4O7Zn. The molecule has 1 aliphatic carbocycles. The summed E-state index contributed by atoms with van der Waals surface area (Å²) in [5, 5.41) is 42.0. The number of phenols is 1. The first-order chi connectivity index (χ1) is 16.4. The van der Waals surface area contributed by atoms with Gasteiger partial charge in [0.05, 0.1) is 11.1 Å². The second kappa shape index (κ2) is 15.2. The molecule has 1 saturated carbocycles. The summed E-state index contributed by atoms with van der Waals surface area (Å²) in [6, 6.07) is 6.48. The number of halogens is 1. The van der Waals surface area contributed by atoms with E-state index in [1.807, 2.05) is 6.07 Å². The number of aromatic nitrogens is 1. The number of ketones is 1. The van der Waals surface area contributed by atoms with E-state index in [-0.39, 0.29) is 60.4 Å². The van der Waals surface area contributed by atoms with E-state index in [0.717, 1.165) is 19.9 Å². The third kappa shape index (κ3) is 10.6. The average Bonchev–Trinajstić information content (AvgIpc) is 3.51. The molecule has 2 unspecified atom stereocenters. The number of nitrogens with zero attached hydrogens (tertiary/aromatic N) is 2. The van der Waals surface area contributed by atoms with Crippen LogP contribution in [0.25, 0.3) is 0 Å². The van der Waals surface area contributed by atoms with Crippen LogP contribution < -0.4 is 20.8 Å². The van der Waals surface area contributed by atoms with Crippen LogP contribution in [0, 0.1) is 17.1 Å². The molecule has 2 aromatic rings. The minimum Gasteiger partial charge on any atom is -0.550 e. The topological polar surface area (TPSA) is 195 Å². The van der Waals surface area contributed by atoms with Crippen molar-refractivity contribution in [2.45, 2.75) is 45.6 Å². The molecule has 0 radical (unpaired) electrons. The van der Waals surface area contributed by atoms with Gasteiger partial charge < -0.3 is 30.2 Å². The molecule has 1 aliphatic rings. The van der Waals surface area contributed by atoms with Crippen molar-refractivity contribution in [1.29, 1.82) is 5.26 Å². The number of nitriles is 1. The van der Waals surface area contributed by atoms with Crippen LogP contribution in [0.2, 0.25) is 0 Å². The molecule has 3 N–H and O–H groups in total. The molecule has 1 fully saturated rings. The fourth-order valence-electron chi connectivity index (χ4n) is 2.88. The van der Waals surface area contributed by atoms with E-state index in [4.69, 9.17) is 25.1 Å². The standard InChI is InChI=1S/C19H17FN4O3.2C2H4O2.Zn/c1-2-15(25)11-4-5-13(20)17(18(11)26)12-7-14(12)23-19(27)24-16-6-3-10(8-21)9-22-16;2*1-2(3)4;/h3-6,9,12,14,26H,2,7H2,1H3,(H2,22,23,24,27);2*1H3,(H,3,4);/q;;;+2/p-2. The fraction of sp³-hybridized carbons (Fsp3) is 0.304. The molecule has 2 atom stereocenters. The second-order valence-corrected chi connectivity index (χ2v) is 7.21. The maximum atomic E-state index is 14.2. The van der Waals surface area contributed by atoms with Crippen molar-refractivity contribution in [3.63, 3.8) is 0 Å². The molecular weight excluding hydrogens is 529 g/mol. The maximum absolute atomic E-state index is 14.2. The average molecular weight is 552 g/mol. The summed E-state index contributed by atoms with van der Waals surface area (Å²) in [6.45, 7) is 3.60. The number of carbonyl (C=O) groups is 4. The van der Waals surface area contributed by atoms with Crippen LogP contribution in [-0.2, 0) is 29.1 Å². The summed E-state index contributed by atoms with van der Waals surface area (Å²) in [6.07, 6.45) is 1.98. The molecule has 36 heavy (non-hydrogen) atoms. The van der Waals surface area contributed by atoms with Crippen LogP contribution in [0.3, 0.4) is 0 Å². The van der Waals surface area contributed by atoms with Crippen molar-refractivity contribution in [1.82, 2.24) is 10.3 Å². The number of urea groups is 1. The van der Waals surface area contributed by atoms with E-state index >= 15 is 0 Å². The van der Waals surface area contributed by atoms with Gasteiger partial charge in [0.15, 0.2) is 5.78 Å². The third-order valence-electron chi connectivity index (χ3n) is 4.40. The van der Waals surface area contributed by atoms with Gasteiger partial charge in [-0.25, -0.2) is 14.2 Å². The quantitative estimate of drug-likeness (QED) is 0.351. The number of carboxylic acid groups (broad SMARTS) is 2. The first-order valence-electron chi connectivity index (χ1n) is 10.2. The number of hydrogen-bond acceptors (Lipinski definition) is 9. The minimum atomic E-state index is -1.08. The van der Waals surface area contributed by atoms with Crippen molar-refractivity contribution in [2.75, 3.05) is 5.32 Å². The Labute approximate surface area is 219 Å². The van der Waals surface area contributed by atoms with Gasteiger partial charge in [0.25, 0.3) is 0 Å². The van der Waals surface area contributed by atoms with Gasteiger partial charge in [-0.05, 0) is 44.5 Å². The Hall–Kier alpha value is -3.91. The van der Waals surface area contributed by atoms with Gasteiger partial charge in [-0.15, -0.1) is 0 Å². The number of carbonyl (C=O) groups excluding carboxylic acids is 4. The number of pyridine rings is 1. The molecule has 2 amide bonds. The SMILES string of the molecule is CC(=O)[O-].CC(=O)[O-].CCC(=O)c1ccc(F)c(C2CC2NC(=O)Nc2ccc(C#N)cn2)c1O.[Zn+2]. The number of nitrogens with one attached hydrogen (secondary N) is 2. The number of Topliss-reactive ketones (excluding diaryl/α,β-unsaturated/α-hetero) is 1. The minimum absolute atomic E-state index is 0. The summed E-state index contributed by atoms with van der Waals surface area (Å²) >= 11 is 0. The molecule has 0 spiro atoms. The maximum Gasteiger partial charge on any atom is 2.00 e. The number of carboxylic acids is 2. The summed E-state index contributed by atoms with van der Waals surface area (Å²) in [5.74, 6) is -3.54. The largest absolute Gasteiger partial charge is 2.00 e. The molecule has 1 aromatic carbocycles. The molecule has 11 nitrogen and oxygen atoms in total. The summed E-state index contributed by atoms with van der Waals surface area (Å²) in [4.78, 5) is 45.6. The molecule has 0 saturated heterocycles. The Bertz CT molecular complexity index is 1120. The molecule has 1 heterocycles. The summed E-state index contributed by atoms with van der Waals surface area (Å²) in [7, 11) is 0. The van der Waals surface area contributed by atoms with Gasteiger partial charge in [-0.1, -0.05) is 6.92 Å². The number of rotatable bonds is 5. The summed E-state index contributed by atoms with van der Waals surface area (Å²) in [5.41, 5.74) is 0.512. The Kier molecular flexibility index (Phi) is 13.5. The van der Waals surface area contributed by atoms with Gasteiger partial charge in [0.1, 0.15) is 23.5 Å². The number of hydrogen-bond donors (Lipinski definition) is 3. The zero-order chi connectivity index (χ0) is 26.7. The van der Waals surface area contributed by atoms with Crippen molar-refractivity contribution >= 4 is 29.6 Å². The number of benzene rings is 1. The predicted molar refractivity (Wildman–Crippen MR) is 116 cm³/mol. The Morgan fingerprint density at radius 3 is 2.22 bits per heavy atom. The fourth-order valence-corrected chi connectivity index (χ4v) is 2.88. The number of amides is 2. The first kappa shape index (κ1) is 32.1. The molecule has 0 aliphatic heterocycles. The van der Waals surface area contributed by atoms with E-state index in [2.05, 4.69) is 15.6 Å². The van der Waals surface area contributed by atoms with Crippen LogP contribution in [0.5, 0.6) is 5.75 Å². The van der Waals surface area contributed by atoms with Gasteiger partial charge in [0.2, 0.25) is 0 Å². The van der Waals surface area contributed by atoms with Crippen molar-refractivity contribution in [2.24, 2.45) is 0 Å². The van der Waals surface area contributed by atoms with Crippen molar-refractivity contribution < 1.29 is 58.4 Å². The normalized spacial score (nSPS) is 14.6. The van der Waals surface area contributed by atoms with E-state index in [1.165, 1.54) is 24.4 Å². The van der Waals surface area contributed by atoms with E-state index in [0.29, 0.717) is 12.0 Å². The van der Waals surface area contributed by atoms with E-state index in [9.17, 15) is 19.1 Å². The van der Waals surface area contributed by atoms with Crippen molar-refractivity contribution in [3.05, 3.63) is 53.0 Å². The molecule has 13 heteroatoms. The van der Waals surface area contributed by atoms with Gasteiger partial charge in [0, 0.05) is 42.1 Å². The Morgan fingerprint density at radius 2 is 1.75 bits per heavy atom. The summed E-state index contributed by atoms with van der Waals surface area (Å²) < 4.78 is 14.2. The molecule has 0 bridgehead atoms. The van der Waals surface area contributed by atoms with E-state index in [1.54, 1.807) is 6.92 Å². The van der Waals surface area contributed by atoms with Gasteiger partial charge in [-0.2, -0.15) is 5.26 Å². The third-order valence-corrected chi connectivity index (χ3v) is 4.40.